The van der Waals surface area contributed by atoms with Gasteiger partial charge in [-0.2, -0.15) is 0 Å². The Kier molecular flexibility index (Phi) is 6.14. The molecule has 0 spiro atoms. The number of rotatable bonds is 6. The molecule has 0 saturated heterocycles. The molecule has 0 saturated carbocycles. The van der Waals surface area contributed by atoms with E-state index in [1.165, 1.54) is 0 Å². The number of carbonyl (C=O) groups excluding carboxylic acids is 2. The van der Waals surface area contributed by atoms with Crippen LogP contribution in [0.4, 0.5) is 5.69 Å². The van der Waals surface area contributed by atoms with Crippen LogP contribution in [0, 0.1) is 0 Å². The van der Waals surface area contributed by atoms with Crippen molar-refractivity contribution in [1.82, 2.24) is 0 Å². The number of amides is 1. The molecule has 0 aromatic heterocycles. The second-order valence-electron chi connectivity index (χ2n) is 6.93. The van der Waals surface area contributed by atoms with E-state index in [1.807, 2.05) is 48.5 Å². The van der Waals surface area contributed by atoms with E-state index in [4.69, 9.17) is 9.47 Å². The highest BCUT2D eigenvalue weighted by molar-refractivity contribution is 5.99. The predicted octanol–water partition coefficient (Wildman–Crippen LogP) is 4.55. The molecule has 0 unspecified atom stereocenters. The zero-order valence-electron chi connectivity index (χ0n) is 16.4. The van der Waals surface area contributed by atoms with Gasteiger partial charge in [-0.3, -0.25) is 4.79 Å². The van der Waals surface area contributed by atoms with E-state index in [0.717, 1.165) is 29.0 Å². The second-order valence-corrected chi connectivity index (χ2v) is 6.93. The molecule has 0 bridgehead atoms. The Morgan fingerprint density at radius 2 is 1.82 bits per heavy atom. The highest BCUT2D eigenvalue weighted by atomic mass is 16.6. The first-order valence-corrected chi connectivity index (χ1v) is 9.52. The van der Waals surface area contributed by atoms with Crippen molar-refractivity contribution in [1.29, 1.82) is 0 Å². The average molecular weight is 379 g/mol. The number of para-hydroxylation sites is 2. The number of benzene rings is 2. The fourth-order valence-corrected chi connectivity index (χ4v) is 3.02. The summed E-state index contributed by atoms with van der Waals surface area (Å²) >= 11 is 0. The smallest absolute Gasteiger partial charge is 0.338 e. The van der Waals surface area contributed by atoms with Crippen molar-refractivity contribution in [2.24, 2.45) is 0 Å². The maximum Gasteiger partial charge on any atom is 0.338 e. The van der Waals surface area contributed by atoms with Gasteiger partial charge in [0.15, 0.2) is 6.10 Å². The molecule has 1 N–H and O–H groups in total. The Labute approximate surface area is 165 Å². The van der Waals surface area contributed by atoms with Crippen LogP contribution in [0.5, 0.6) is 5.75 Å². The molecule has 1 aliphatic heterocycles. The van der Waals surface area contributed by atoms with E-state index in [-0.39, 0.29) is 12.5 Å². The summed E-state index contributed by atoms with van der Waals surface area (Å²) in [6, 6.07) is 15.2. The molecule has 28 heavy (non-hydrogen) atoms. The molecule has 1 amide bonds. The Hall–Kier alpha value is -3.08. The van der Waals surface area contributed by atoms with Crippen LogP contribution in [-0.4, -0.2) is 24.6 Å². The zero-order valence-corrected chi connectivity index (χ0v) is 16.4. The average Bonchev–Trinajstić information content (AvgIpc) is 2.73. The van der Waals surface area contributed by atoms with Gasteiger partial charge in [0.2, 0.25) is 0 Å². The lowest BCUT2D eigenvalue weighted by molar-refractivity contribution is -0.149. The number of hydrogen-bond acceptors (Lipinski definition) is 4. The maximum absolute atomic E-state index is 12.6. The van der Waals surface area contributed by atoms with Gasteiger partial charge in [-0.1, -0.05) is 50.2 Å². The van der Waals surface area contributed by atoms with Crippen molar-refractivity contribution in [3.8, 4) is 5.75 Å². The fraction of sp³-hybridized carbons (Fsp3) is 0.304. The summed E-state index contributed by atoms with van der Waals surface area (Å²) in [4.78, 5) is 25.0. The van der Waals surface area contributed by atoms with Gasteiger partial charge in [-0.25, -0.2) is 4.79 Å². The van der Waals surface area contributed by atoms with Crippen molar-refractivity contribution in [2.75, 3.05) is 11.9 Å². The number of nitrogens with one attached hydrogen (secondary N) is 1. The lowest BCUT2D eigenvalue weighted by Crippen LogP contribution is -2.31. The summed E-state index contributed by atoms with van der Waals surface area (Å²) in [6.45, 7) is 5.91. The molecule has 3 rings (SSSR count). The topological polar surface area (TPSA) is 64.6 Å². The Bertz CT molecular complexity index is 903. The number of fused-ring (bicyclic) bond motifs is 1. The van der Waals surface area contributed by atoms with E-state index in [2.05, 4.69) is 19.2 Å². The number of hydrogen-bond donors (Lipinski definition) is 1. The van der Waals surface area contributed by atoms with Crippen molar-refractivity contribution >= 4 is 23.6 Å². The summed E-state index contributed by atoms with van der Waals surface area (Å²) in [5.74, 6) is 0.139. The molecule has 0 aliphatic carbocycles. The zero-order chi connectivity index (χ0) is 20.1. The first-order valence-electron chi connectivity index (χ1n) is 9.52. The monoisotopic (exact) mass is 379 g/mol. The highest BCUT2D eigenvalue weighted by Crippen LogP contribution is 2.28. The SMILES string of the molecule is CC[C@@H](C)c1ccccc1NC(=O)[C@@H](C)OC(=O)C1=Cc2ccccc2OC1. The summed E-state index contributed by atoms with van der Waals surface area (Å²) in [5.41, 5.74) is 3.02. The van der Waals surface area contributed by atoms with Crippen LogP contribution in [-0.2, 0) is 14.3 Å². The van der Waals surface area contributed by atoms with Gasteiger partial charge in [-0.05, 0) is 43.0 Å². The predicted molar refractivity (Wildman–Crippen MR) is 109 cm³/mol. The minimum absolute atomic E-state index is 0.126. The first kappa shape index (κ1) is 19.7. The van der Waals surface area contributed by atoms with Gasteiger partial charge in [0.25, 0.3) is 5.91 Å². The van der Waals surface area contributed by atoms with Crippen molar-refractivity contribution < 1.29 is 19.1 Å². The number of anilines is 1. The number of ether oxygens (including phenoxy) is 2. The van der Waals surface area contributed by atoms with Crippen molar-refractivity contribution in [3.05, 3.63) is 65.2 Å². The molecule has 5 heteroatoms. The molecule has 2 aromatic rings. The summed E-state index contributed by atoms with van der Waals surface area (Å²) in [6.07, 6.45) is 1.78. The van der Waals surface area contributed by atoms with Gasteiger partial charge in [0.05, 0.1) is 5.57 Å². The van der Waals surface area contributed by atoms with Gasteiger partial charge >= 0.3 is 5.97 Å². The van der Waals surface area contributed by atoms with Gasteiger partial charge < -0.3 is 14.8 Å². The molecule has 2 atom stereocenters. The van der Waals surface area contributed by atoms with E-state index < -0.39 is 12.1 Å². The van der Waals surface area contributed by atoms with Gasteiger partial charge in [0.1, 0.15) is 12.4 Å². The van der Waals surface area contributed by atoms with E-state index in [9.17, 15) is 9.59 Å². The van der Waals surface area contributed by atoms with Gasteiger partial charge in [0, 0.05) is 11.3 Å². The molecule has 5 nitrogen and oxygen atoms in total. The standard InChI is InChI=1S/C23H25NO4/c1-4-15(2)19-10-6-7-11-20(19)24-22(25)16(3)28-23(26)18-13-17-9-5-8-12-21(17)27-14-18/h5-13,15-16H,4,14H2,1-3H3,(H,24,25)/t15-,16-/m1/s1. The fourth-order valence-electron chi connectivity index (χ4n) is 3.02. The van der Waals surface area contributed by atoms with Crippen LogP contribution >= 0.6 is 0 Å². The van der Waals surface area contributed by atoms with Crippen LogP contribution in [0.15, 0.2) is 54.1 Å². The second kappa shape index (κ2) is 8.74. The molecule has 1 heterocycles. The molecular weight excluding hydrogens is 354 g/mol. The summed E-state index contributed by atoms with van der Waals surface area (Å²) in [7, 11) is 0. The molecule has 0 radical (unpaired) electrons. The lowest BCUT2D eigenvalue weighted by atomic mass is 9.97. The Morgan fingerprint density at radius 3 is 2.61 bits per heavy atom. The molecule has 1 aliphatic rings. The van der Waals surface area contributed by atoms with Crippen molar-refractivity contribution in [2.45, 2.75) is 39.2 Å². The molecule has 146 valence electrons. The van der Waals surface area contributed by atoms with E-state index in [0.29, 0.717) is 11.5 Å². The van der Waals surface area contributed by atoms with Crippen LogP contribution in [0.2, 0.25) is 0 Å². The minimum Gasteiger partial charge on any atom is -0.488 e. The maximum atomic E-state index is 12.6. The first-order chi connectivity index (χ1) is 13.5. The largest absolute Gasteiger partial charge is 0.488 e. The third kappa shape index (κ3) is 4.42. The quantitative estimate of drug-likeness (QED) is 0.748. The Balaban J connectivity index is 1.65. The van der Waals surface area contributed by atoms with Crippen LogP contribution in [0.3, 0.4) is 0 Å². The molecular formula is C23H25NO4. The van der Waals surface area contributed by atoms with E-state index in [1.54, 1.807) is 13.0 Å². The highest BCUT2D eigenvalue weighted by Gasteiger charge is 2.24. The van der Waals surface area contributed by atoms with Crippen LogP contribution in [0.25, 0.3) is 6.08 Å². The number of esters is 1. The van der Waals surface area contributed by atoms with Crippen molar-refractivity contribution in [3.63, 3.8) is 0 Å². The molecule has 2 aromatic carbocycles. The van der Waals surface area contributed by atoms with E-state index >= 15 is 0 Å². The minimum atomic E-state index is -0.921. The van der Waals surface area contributed by atoms with Crippen LogP contribution in [0.1, 0.15) is 44.2 Å². The number of carbonyl (C=O) groups is 2. The Morgan fingerprint density at radius 1 is 1.11 bits per heavy atom. The van der Waals surface area contributed by atoms with Gasteiger partial charge in [-0.15, -0.1) is 0 Å². The summed E-state index contributed by atoms with van der Waals surface area (Å²) in [5, 5.41) is 2.88. The molecule has 0 fully saturated rings. The third-order valence-electron chi connectivity index (χ3n) is 4.91. The summed E-state index contributed by atoms with van der Waals surface area (Å²) < 4.78 is 10.9. The normalized spacial score (nSPS) is 14.8. The third-order valence-corrected chi connectivity index (χ3v) is 4.91. The van der Waals surface area contributed by atoms with Crippen LogP contribution < -0.4 is 10.1 Å². The lowest BCUT2D eigenvalue weighted by Gasteiger charge is -2.20.